The molecule has 0 bridgehead atoms. The highest BCUT2D eigenvalue weighted by Crippen LogP contribution is 2.34. The smallest absolute Gasteiger partial charge is 0.433 e. The Morgan fingerprint density at radius 3 is 2.44 bits per heavy atom. The zero-order chi connectivity index (χ0) is 24.9. The summed E-state index contributed by atoms with van der Waals surface area (Å²) in [5.74, 6) is 0.0676. The van der Waals surface area contributed by atoms with E-state index in [9.17, 15) is 14.4 Å². The number of rotatable bonds is 8. The lowest BCUT2D eigenvalue weighted by molar-refractivity contribution is -0.117. The minimum absolute atomic E-state index is 0.0537. The van der Waals surface area contributed by atoms with E-state index >= 15 is 0 Å². The number of aromatic amines is 1. The van der Waals surface area contributed by atoms with Crippen molar-refractivity contribution in [3.8, 4) is 11.4 Å². The van der Waals surface area contributed by atoms with Gasteiger partial charge in [0.25, 0.3) is 5.91 Å². The second-order valence-electron chi connectivity index (χ2n) is 8.73. The highest BCUT2D eigenvalue weighted by atomic mass is 33.1. The number of aromatic nitrogens is 2. The predicted molar refractivity (Wildman–Crippen MR) is 135 cm³/mol. The van der Waals surface area contributed by atoms with Crippen LogP contribution in [0.1, 0.15) is 43.6 Å². The number of ether oxygens (including phenoxy) is 2. The number of benzene rings is 2. The standard InChI is InChI=1S/C24H27N3O5S2/c1-14(33-34-22(29)24(2,3)4)12-31-23(30)32-13-15-8-10-16(11-9-15)21-26-18-7-5-6-17(20(25)28)19(18)27-21/h5-11,14H,12-13H2,1-4H3,(H2,25,28)(H,26,27)/t14-/m1/s1. The Bertz CT molecular complexity index is 1190. The van der Waals surface area contributed by atoms with Crippen molar-refractivity contribution in [2.24, 2.45) is 11.1 Å². The minimum Gasteiger partial charge on any atom is -0.433 e. The number of H-pyrrole nitrogens is 1. The Balaban J connectivity index is 1.49. The number of primary amides is 1. The van der Waals surface area contributed by atoms with Crippen LogP contribution in [-0.4, -0.2) is 39.0 Å². The molecule has 0 aliphatic rings. The molecule has 8 nitrogen and oxygen atoms in total. The number of hydrogen-bond donors (Lipinski definition) is 2. The van der Waals surface area contributed by atoms with Crippen LogP contribution in [0.3, 0.4) is 0 Å². The number of nitrogens with two attached hydrogens (primary N) is 1. The average molecular weight is 502 g/mol. The fourth-order valence-electron chi connectivity index (χ4n) is 2.77. The molecular formula is C24H27N3O5S2. The van der Waals surface area contributed by atoms with Crippen LogP contribution in [0.15, 0.2) is 42.5 Å². The molecule has 0 aliphatic heterocycles. The summed E-state index contributed by atoms with van der Waals surface area (Å²) in [6, 6.07) is 12.5. The van der Waals surface area contributed by atoms with E-state index in [4.69, 9.17) is 15.2 Å². The number of amides is 1. The molecular weight excluding hydrogens is 474 g/mol. The van der Waals surface area contributed by atoms with Crippen LogP contribution in [0.4, 0.5) is 4.79 Å². The van der Waals surface area contributed by atoms with Crippen molar-refractivity contribution in [1.82, 2.24) is 9.97 Å². The molecule has 3 aromatic rings. The van der Waals surface area contributed by atoms with E-state index < -0.39 is 17.5 Å². The van der Waals surface area contributed by atoms with Gasteiger partial charge in [-0.2, -0.15) is 0 Å². The van der Waals surface area contributed by atoms with Gasteiger partial charge in [-0.3, -0.25) is 9.59 Å². The molecule has 1 aromatic heterocycles. The molecule has 0 saturated carbocycles. The van der Waals surface area contributed by atoms with Crippen molar-refractivity contribution in [2.75, 3.05) is 6.61 Å². The average Bonchev–Trinajstić information content (AvgIpc) is 3.23. The van der Waals surface area contributed by atoms with E-state index in [1.807, 2.05) is 58.0 Å². The molecule has 0 fully saturated rings. The molecule has 2 aromatic carbocycles. The SMILES string of the molecule is C[C@H](COC(=O)OCc1ccc(-c2nc3c(C(N)=O)cccc3[nH]2)cc1)SSC(=O)C(C)(C)C. The Hall–Kier alpha value is -2.98. The molecule has 0 unspecified atom stereocenters. The lowest BCUT2D eigenvalue weighted by atomic mass is 10.00. The van der Waals surface area contributed by atoms with Gasteiger partial charge in [0.05, 0.1) is 11.1 Å². The molecule has 0 aliphatic carbocycles. The summed E-state index contributed by atoms with van der Waals surface area (Å²) in [4.78, 5) is 43.2. The number of imidazole rings is 1. The molecule has 180 valence electrons. The summed E-state index contributed by atoms with van der Waals surface area (Å²) in [7, 11) is 2.54. The van der Waals surface area contributed by atoms with Gasteiger partial charge in [0.2, 0.25) is 5.12 Å². The topological polar surface area (TPSA) is 124 Å². The van der Waals surface area contributed by atoms with Crippen LogP contribution >= 0.6 is 21.6 Å². The maximum atomic E-state index is 12.0. The van der Waals surface area contributed by atoms with Crippen LogP contribution < -0.4 is 5.73 Å². The van der Waals surface area contributed by atoms with Gasteiger partial charge in [0.1, 0.15) is 24.6 Å². The summed E-state index contributed by atoms with van der Waals surface area (Å²) in [5.41, 5.74) is 8.20. The molecule has 0 spiro atoms. The predicted octanol–water partition coefficient (Wildman–Crippen LogP) is 5.32. The van der Waals surface area contributed by atoms with E-state index in [1.165, 1.54) is 21.6 Å². The van der Waals surface area contributed by atoms with Crippen LogP contribution in [-0.2, 0) is 20.9 Å². The molecule has 1 amide bonds. The van der Waals surface area contributed by atoms with Crippen molar-refractivity contribution in [1.29, 1.82) is 0 Å². The highest BCUT2D eigenvalue weighted by molar-refractivity contribution is 8.82. The molecule has 0 saturated heterocycles. The summed E-state index contributed by atoms with van der Waals surface area (Å²) in [6.45, 7) is 7.68. The summed E-state index contributed by atoms with van der Waals surface area (Å²) in [5, 5.41) is 0.0216. The van der Waals surface area contributed by atoms with E-state index in [-0.39, 0.29) is 23.6 Å². The van der Waals surface area contributed by atoms with E-state index in [1.54, 1.807) is 12.1 Å². The van der Waals surface area contributed by atoms with Gasteiger partial charge in [0, 0.05) is 16.2 Å². The second-order valence-corrected chi connectivity index (χ2v) is 11.3. The summed E-state index contributed by atoms with van der Waals surface area (Å²) < 4.78 is 10.3. The summed E-state index contributed by atoms with van der Waals surface area (Å²) >= 11 is 0. The van der Waals surface area contributed by atoms with E-state index in [2.05, 4.69) is 9.97 Å². The highest BCUT2D eigenvalue weighted by Gasteiger charge is 2.23. The number of para-hydroxylation sites is 1. The fraction of sp³-hybridized carbons (Fsp3) is 0.333. The van der Waals surface area contributed by atoms with Crippen LogP contribution in [0, 0.1) is 5.41 Å². The largest absolute Gasteiger partial charge is 0.508 e. The maximum Gasteiger partial charge on any atom is 0.508 e. The van der Waals surface area contributed by atoms with E-state index in [0.717, 1.165) is 16.6 Å². The third-order valence-corrected chi connectivity index (χ3v) is 7.75. The number of carbonyl (C=O) groups is 3. The normalized spacial score (nSPS) is 12.4. The zero-order valence-corrected chi connectivity index (χ0v) is 21.0. The van der Waals surface area contributed by atoms with Gasteiger partial charge in [-0.25, -0.2) is 9.78 Å². The van der Waals surface area contributed by atoms with Crippen molar-refractivity contribution in [3.05, 3.63) is 53.6 Å². The first-order chi connectivity index (χ1) is 16.0. The molecule has 1 heterocycles. The van der Waals surface area contributed by atoms with Crippen LogP contribution in [0.25, 0.3) is 22.4 Å². The van der Waals surface area contributed by atoms with E-state index in [0.29, 0.717) is 16.9 Å². The monoisotopic (exact) mass is 501 g/mol. The third kappa shape index (κ3) is 6.77. The molecule has 0 radical (unpaired) electrons. The van der Waals surface area contributed by atoms with Gasteiger partial charge >= 0.3 is 6.16 Å². The number of carbonyl (C=O) groups excluding carboxylic acids is 3. The van der Waals surface area contributed by atoms with Crippen LogP contribution in [0.2, 0.25) is 0 Å². The Kier molecular flexibility index (Phi) is 8.27. The first-order valence-electron chi connectivity index (χ1n) is 10.6. The number of fused-ring (bicyclic) bond motifs is 1. The molecule has 3 N–H and O–H groups in total. The first kappa shape index (κ1) is 25.6. The number of nitrogens with zero attached hydrogens (tertiary/aromatic N) is 1. The van der Waals surface area contributed by atoms with Gasteiger partial charge in [-0.15, -0.1) is 0 Å². The maximum absolute atomic E-state index is 12.0. The molecule has 3 rings (SSSR count). The van der Waals surface area contributed by atoms with Gasteiger partial charge < -0.3 is 20.2 Å². The lowest BCUT2D eigenvalue weighted by Crippen LogP contribution is -2.17. The van der Waals surface area contributed by atoms with Crippen molar-refractivity contribution < 1.29 is 23.9 Å². The molecule has 34 heavy (non-hydrogen) atoms. The first-order valence-corrected chi connectivity index (χ1v) is 12.8. The van der Waals surface area contributed by atoms with Gasteiger partial charge in [-0.1, -0.05) is 61.9 Å². The quantitative estimate of drug-likeness (QED) is 0.314. The number of hydrogen-bond acceptors (Lipinski definition) is 8. The Labute approximate surface area is 205 Å². The third-order valence-electron chi connectivity index (χ3n) is 4.70. The minimum atomic E-state index is -0.764. The molecule has 10 heteroatoms. The Morgan fingerprint density at radius 1 is 1.09 bits per heavy atom. The summed E-state index contributed by atoms with van der Waals surface area (Å²) in [6.07, 6.45) is -0.764. The van der Waals surface area contributed by atoms with Crippen molar-refractivity contribution >= 4 is 49.8 Å². The van der Waals surface area contributed by atoms with Crippen molar-refractivity contribution in [2.45, 2.75) is 39.6 Å². The van der Waals surface area contributed by atoms with Crippen LogP contribution in [0.5, 0.6) is 0 Å². The van der Waals surface area contributed by atoms with Gasteiger partial charge in [-0.05, 0) is 35.4 Å². The molecule has 1 atom stereocenters. The second kappa shape index (κ2) is 11.0. The van der Waals surface area contributed by atoms with Gasteiger partial charge in [0.15, 0.2) is 0 Å². The Morgan fingerprint density at radius 2 is 1.79 bits per heavy atom. The van der Waals surface area contributed by atoms with Crippen molar-refractivity contribution in [3.63, 3.8) is 0 Å². The number of nitrogens with one attached hydrogen (secondary N) is 1. The lowest BCUT2D eigenvalue weighted by Gasteiger charge is -2.16. The fourth-order valence-corrected chi connectivity index (χ4v) is 5.07. The zero-order valence-electron chi connectivity index (χ0n) is 19.4.